The number of fused-ring (bicyclic) bond motifs is 9. The summed E-state index contributed by atoms with van der Waals surface area (Å²) in [6.45, 7) is 0. The maximum atomic E-state index is 2.42. The maximum Gasteiger partial charge on any atom is 0.0713 e. The van der Waals surface area contributed by atoms with Crippen molar-refractivity contribution in [2.45, 2.75) is 5.41 Å². The lowest BCUT2D eigenvalue weighted by Gasteiger charge is -2.34. The first-order valence-corrected chi connectivity index (χ1v) is 32.2. The van der Waals surface area contributed by atoms with Gasteiger partial charge in [0.25, 0.3) is 0 Å². The normalized spacial score (nSPS) is 12.4. The van der Waals surface area contributed by atoms with Crippen LogP contribution in [0, 0.1) is 0 Å². The van der Waals surface area contributed by atoms with Crippen LogP contribution in [0.4, 0.5) is 0 Å². The summed E-state index contributed by atoms with van der Waals surface area (Å²) in [6.07, 6.45) is 0. The van der Waals surface area contributed by atoms with Crippen LogP contribution in [-0.2, 0) is 5.41 Å². The molecule has 0 bridgehead atoms. The largest absolute Gasteiger partial charge is 0.309 e. The van der Waals surface area contributed by atoms with Gasteiger partial charge in [-0.3, -0.25) is 0 Å². The highest BCUT2D eigenvalue weighted by molar-refractivity contribution is 6.13. The Labute approximate surface area is 541 Å². The lowest BCUT2D eigenvalue weighted by Crippen LogP contribution is -2.28. The first-order chi connectivity index (χ1) is 46.1. The second-order valence-electron chi connectivity index (χ2n) is 24.7. The van der Waals surface area contributed by atoms with Crippen molar-refractivity contribution in [3.05, 3.63) is 386 Å². The van der Waals surface area contributed by atoms with Gasteiger partial charge in [0.1, 0.15) is 0 Å². The molecule has 2 heterocycles. The van der Waals surface area contributed by atoms with E-state index >= 15 is 0 Å². The summed E-state index contributed by atoms with van der Waals surface area (Å²) < 4.78 is 4.81. The Morgan fingerprint density at radius 2 is 0.462 bits per heavy atom. The highest BCUT2D eigenvalue weighted by Crippen LogP contribution is 2.56. The van der Waals surface area contributed by atoms with E-state index in [-0.39, 0.29) is 0 Å². The fourth-order valence-electron chi connectivity index (χ4n) is 15.2. The third-order valence-electron chi connectivity index (χ3n) is 19.7. The molecule has 2 nitrogen and oxygen atoms in total. The summed E-state index contributed by atoms with van der Waals surface area (Å²) in [6, 6.07) is 134. The molecule has 0 radical (unpaired) electrons. The third-order valence-corrected chi connectivity index (χ3v) is 19.7. The van der Waals surface area contributed by atoms with Gasteiger partial charge in [0, 0.05) is 32.9 Å². The number of hydrogen-bond acceptors (Lipinski definition) is 0. The summed E-state index contributed by atoms with van der Waals surface area (Å²) in [7, 11) is 0. The van der Waals surface area contributed by atoms with Crippen molar-refractivity contribution < 1.29 is 0 Å². The Morgan fingerprint density at radius 3 is 0.925 bits per heavy atom. The third kappa shape index (κ3) is 9.02. The molecule has 0 saturated carbocycles. The Balaban J connectivity index is 0.590. The molecule has 434 valence electrons. The number of aromatic nitrogens is 2. The van der Waals surface area contributed by atoms with E-state index in [0.717, 1.165) is 11.4 Å². The van der Waals surface area contributed by atoms with Crippen molar-refractivity contribution in [3.63, 3.8) is 0 Å². The van der Waals surface area contributed by atoms with Gasteiger partial charge >= 0.3 is 0 Å². The van der Waals surface area contributed by atoms with Crippen molar-refractivity contribution in [2.75, 3.05) is 0 Å². The molecular formula is C91H60N2. The van der Waals surface area contributed by atoms with Gasteiger partial charge < -0.3 is 9.13 Å². The van der Waals surface area contributed by atoms with Crippen LogP contribution in [0.2, 0.25) is 0 Å². The van der Waals surface area contributed by atoms with E-state index in [2.05, 4.69) is 373 Å². The van der Waals surface area contributed by atoms with Crippen LogP contribution in [0.25, 0.3) is 144 Å². The first-order valence-electron chi connectivity index (χ1n) is 32.2. The van der Waals surface area contributed by atoms with Crippen LogP contribution in [-0.4, -0.2) is 9.13 Å². The van der Waals surface area contributed by atoms with Gasteiger partial charge in [-0.15, -0.1) is 0 Å². The molecule has 0 saturated heterocycles. The molecule has 0 unspecified atom stereocenters. The van der Waals surface area contributed by atoms with Gasteiger partial charge in [0.15, 0.2) is 0 Å². The van der Waals surface area contributed by atoms with Crippen molar-refractivity contribution in [1.82, 2.24) is 9.13 Å². The van der Waals surface area contributed by atoms with E-state index in [1.165, 1.54) is 155 Å². The van der Waals surface area contributed by atoms with E-state index in [1.807, 2.05) is 0 Å². The molecule has 18 rings (SSSR count). The second-order valence-corrected chi connectivity index (χ2v) is 24.7. The Bertz CT molecular complexity index is 5650. The molecule has 0 atom stereocenters. The zero-order valence-corrected chi connectivity index (χ0v) is 51.0. The van der Waals surface area contributed by atoms with Crippen molar-refractivity contribution in [1.29, 1.82) is 0 Å². The zero-order valence-electron chi connectivity index (χ0n) is 51.0. The monoisotopic (exact) mass is 1180 g/mol. The highest BCUT2D eigenvalue weighted by atomic mass is 15.0. The predicted molar refractivity (Wildman–Crippen MR) is 390 cm³/mol. The van der Waals surface area contributed by atoms with Crippen LogP contribution in [0.1, 0.15) is 22.3 Å². The smallest absolute Gasteiger partial charge is 0.0713 e. The van der Waals surface area contributed by atoms with Gasteiger partial charge in [-0.2, -0.15) is 0 Å². The lowest BCUT2D eigenvalue weighted by molar-refractivity contribution is 0.769. The minimum atomic E-state index is -0.441. The maximum absolute atomic E-state index is 2.42. The van der Waals surface area contributed by atoms with Crippen LogP contribution in [0.15, 0.2) is 364 Å². The fraction of sp³-hybridized carbons (Fsp3) is 0.0110. The number of benzene rings is 15. The lowest BCUT2D eigenvalue weighted by atomic mass is 9.67. The Hall–Kier alpha value is -12.1. The molecule has 0 fully saturated rings. The quantitative estimate of drug-likeness (QED) is 0.122. The highest BCUT2D eigenvalue weighted by Gasteiger charge is 2.46. The number of hydrogen-bond donors (Lipinski definition) is 0. The summed E-state index contributed by atoms with van der Waals surface area (Å²) >= 11 is 0. The van der Waals surface area contributed by atoms with Gasteiger partial charge in [0.05, 0.1) is 27.5 Å². The summed E-state index contributed by atoms with van der Waals surface area (Å²) in [4.78, 5) is 0. The minimum absolute atomic E-state index is 0.441. The molecule has 15 aromatic carbocycles. The van der Waals surface area contributed by atoms with Gasteiger partial charge in [0.2, 0.25) is 0 Å². The summed E-state index contributed by atoms with van der Waals surface area (Å²) in [5.41, 5.74) is 31.1. The molecule has 0 amide bonds. The standard InChI is InChI=1S/C91H60N2/c1-3-18-61(19-4-1)64-44-50-77(51-45-64)92-87-34-13-9-30-81(87)83-59-73(48-54-89(83)92)74-49-55-90-84(60-74)82-31-10-14-35-88(82)93(90)78-52-46-67(47-53-78)69-21-15-20-68(56-69)65-40-36-62(37-41-65)63-38-42-66(43-39-63)70-22-16-23-71(57-70)72-24-17-27-76(58-72)91(75-25-5-2-6-26-75)85-32-11-7-28-79(85)80-29-8-12-33-86(80)91/h1-60H. The van der Waals surface area contributed by atoms with Gasteiger partial charge in [-0.05, 0) is 190 Å². The van der Waals surface area contributed by atoms with Crippen LogP contribution >= 0.6 is 0 Å². The van der Waals surface area contributed by atoms with E-state index in [4.69, 9.17) is 0 Å². The Morgan fingerprint density at radius 1 is 0.172 bits per heavy atom. The number of rotatable bonds is 11. The average molecular weight is 1180 g/mol. The first kappa shape index (κ1) is 53.9. The van der Waals surface area contributed by atoms with Gasteiger partial charge in [-0.1, -0.05) is 285 Å². The zero-order chi connectivity index (χ0) is 61.4. The number of nitrogens with zero attached hydrogens (tertiary/aromatic N) is 2. The minimum Gasteiger partial charge on any atom is -0.309 e. The van der Waals surface area contributed by atoms with E-state index in [9.17, 15) is 0 Å². The molecule has 2 heteroatoms. The van der Waals surface area contributed by atoms with Crippen LogP contribution < -0.4 is 0 Å². The topological polar surface area (TPSA) is 9.86 Å². The van der Waals surface area contributed by atoms with Crippen molar-refractivity contribution >= 4 is 43.6 Å². The Kier molecular flexibility index (Phi) is 12.8. The van der Waals surface area contributed by atoms with Crippen molar-refractivity contribution in [3.8, 4) is 100 Å². The van der Waals surface area contributed by atoms with E-state index < -0.39 is 5.41 Å². The molecule has 1 aliphatic carbocycles. The van der Waals surface area contributed by atoms with Gasteiger partial charge in [-0.25, -0.2) is 0 Å². The van der Waals surface area contributed by atoms with Crippen LogP contribution in [0.3, 0.4) is 0 Å². The molecule has 0 N–H and O–H groups in total. The summed E-state index contributed by atoms with van der Waals surface area (Å²) in [5.74, 6) is 0. The van der Waals surface area contributed by atoms with E-state index in [1.54, 1.807) is 0 Å². The molecule has 93 heavy (non-hydrogen) atoms. The summed E-state index contributed by atoms with van der Waals surface area (Å²) in [5, 5.41) is 4.96. The molecule has 1 aliphatic rings. The number of para-hydroxylation sites is 2. The molecular weight excluding hydrogens is 1120 g/mol. The van der Waals surface area contributed by atoms with E-state index in [0.29, 0.717) is 0 Å². The van der Waals surface area contributed by atoms with Crippen molar-refractivity contribution in [2.24, 2.45) is 0 Å². The predicted octanol–water partition coefficient (Wildman–Crippen LogP) is 23.9. The van der Waals surface area contributed by atoms with Crippen LogP contribution in [0.5, 0.6) is 0 Å². The fourth-order valence-corrected chi connectivity index (χ4v) is 15.2. The molecule has 2 aromatic heterocycles. The molecule has 17 aromatic rings. The second kappa shape index (κ2) is 22.1. The average Bonchev–Trinajstić information content (AvgIpc) is 1.56. The SMILES string of the molecule is c1ccc(-c2ccc(-n3c4ccccc4c4cc(-c5ccc6c(c5)c5ccccc5n6-c5ccc(-c6cccc(-c7ccc(-c8ccc(-c9cccc(-c%10cccc(C%11(c%12ccccc%12)c%12ccccc%12-c%12ccccc%12%11)c%10)c9)cc8)cc7)c6)cc5)ccc43)cc2)cc1. The molecule has 0 aliphatic heterocycles. The molecule has 0 spiro atoms.